The molecule has 2 aromatic carbocycles. The van der Waals surface area contributed by atoms with Gasteiger partial charge < -0.3 is 24.1 Å². The number of aromatic hydroxyl groups is 1. The zero-order valence-corrected chi connectivity index (χ0v) is 25.1. The highest BCUT2D eigenvalue weighted by molar-refractivity contribution is 7.89. The van der Waals surface area contributed by atoms with Gasteiger partial charge in [-0.2, -0.15) is 0 Å². The number of fused-ring (bicyclic) bond motifs is 1. The van der Waals surface area contributed by atoms with E-state index < -0.39 is 27.6 Å². The van der Waals surface area contributed by atoms with Gasteiger partial charge in [0.2, 0.25) is 16.8 Å². The monoisotopic (exact) mass is 578 g/mol. The van der Waals surface area contributed by atoms with E-state index in [1.165, 1.54) is 9.21 Å². The Morgan fingerprint density at radius 3 is 2.50 bits per heavy atom. The number of carbonyl (C=O) groups excluding carboxylic acids is 1. The highest BCUT2D eigenvalue weighted by Crippen LogP contribution is 2.39. The van der Waals surface area contributed by atoms with E-state index >= 15 is 0 Å². The lowest BCUT2D eigenvalue weighted by molar-refractivity contribution is 0.0256. The number of amides is 1. The standard InChI is InChI=1S/C29H42N2O8S/c1-7-15-31(40(34,35)19-30(18-21(3)8-2)28(33)39-29(4,5)6)16-14-22-10-9-11-25(27(22)32)38-23-12-13-24-26(17-23)37-20-36-24/h9-13,17,21,32H,7-8,14-16,18-20H2,1-6H3. The van der Waals surface area contributed by atoms with E-state index in [1.54, 1.807) is 57.2 Å². The van der Waals surface area contributed by atoms with Crippen LogP contribution in [0, 0.1) is 5.92 Å². The molecule has 3 rings (SSSR count). The highest BCUT2D eigenvalue weighted by Gasteiger charge is 2.31. The van der Waals surface area contributed by atoms with Crippen molar-refractivity contribution in [2.75, 3.05) is 32.3 Å². The maximum absolute atomic E-state index is 13.5. The molecule has 0 saturated carbocycles. The first-order valence-electron chi connectivity index (χ1n) is 13.7. The summed E-state index contributed by atoms with van der Waals surface area (Å²) >= 11 is 0. The number of hydrogen-bond acceptors (Lipinski definition) is 8. The molecule has 0 fully saturated rings. The molecule has 0 aromatic heterocycles. The normalized spacial score (nSPS) is 13.8. The van der Waals surface area contributed by atoms with Gasteiger partial charge in [0, 0.05) is 25.7 Å². The molecule has 1 amide bonds. The number of hydrogen-bond donors (Lipinski definition) is 1. The summed E-state index contributed by atoms with van der Waals surface area (Å²) in [5.74, 6) is 1.44. The van der Waals surface area contributed by atoms with Crippen LogP contribution in [0.2, 0.25) is 0 Å². The number of sulfonamides is 1. The zero-order valence-electron chi connectivity index (χ0n) is 24.3. The van der Waals surface area contributed by atoms with E-state index in [1.807, 2.05) is 20.8 Å². The number of para-hydroxylation sites is 1. The summed E-state index contributed by atoms with van der Waals surface area (Å²) in [4.78, 5) is 14.2. The van der Waals surface area contributed by atoms with Crippen molar-refractivity contribution in [2.45, 2.75) is 66.4 Å². The van der Waals surface area contributed by atoms with Crippen LogP contribution in [0.15, 0.2) is 36.4 Å². The smallest absolute Gasteiger partial charge is 0.411 e. The van der Waals surface area contributed by atoms with Gasteiger partial charge in [-0.15, -0.1) is 0 Å². The second-order valence-electron chi connectivity index (χ2n) is 11.0. The summed E-state index contributed by atoms with van der Waals surface area (Å²) in [5.41, 5.74) is -0.207. The molecule has 0 bridgehead atoms. The van der Waals surface area contributed by atoms with E-state index in [-0.39, 0.29) is 50.3 Å². The van der Waals surface area contributed by atoms with Gasteiger partial charge in [0.25, 0.3) is 0 Å². The second-order valence-corrected chi connectivity index (χ2v) is 12.9. The maximum Gasteiger partial charge on any atom is 0.411 e. The molecule has 0 saturated heterocycles. The Hall–Kier alpha value is -3.18. The van der Waals surface area contributed by atoms with Crippen molar-refractivity contribution in [2.24, 2.45) is 5.92 Å². The van der Waals surface area contributed by atoms with Crippen molar-refractivity contribution in [3.8, 4) is 28.7 Å². The molecule has 11 heteroatoms. The molecule has 1 aliphatic rings. The molecule has 10 nitrogen and oxygen atoms in total. The summed E-state index contributed by atoms with van der Waals surface area (Å²) in [7, 11) is -3.87. The van der Waals surface area contributed by atoms with Crippen molar-refractivity contribution in [1.29, 1.82) is 0 Å². The summed E-state index contributed by atoms with van der Waals surface area (Å²) < 4.78 is 50.6. The molecule has 0 spiro atoms. The summed E-state index contributed by atoms with van der Waals surface area (Å²) in [5, 5.41) is 10.9. The molecule has 2 aromatic rings. The first-order chi connectivity index (χ1) is 18.8. The van der Waals surface area contributed by atoms with Gasteiger partial charge >= 0.3 is 6.09 Å². The van der Waals surface area contributed by atoms with Gasteiger partial charge in [0.15, 0.2) is 23.0 Å². The van der Waals surface area contributed by atoms with Crippen molar-refractivity contribution < 1.29 is 37.3 Å². The SMILES string of the molecule is CCCN(CCc1cccc(Oc2ccc3c(c2)OCO3)c1O)S(=O)(=O)CN(CC(C)CC)C(=O)OC(C)(C)C. The number of benzene rings is 2. The average molecular weight is 579 g/mol. The highest BCUT2D eigenvalue weighted by atomic mass is 32.2. The van der Waals surface area contributed by atoms with Crippen molar-refractivity contribution >= 4 is 16.1 Å². The Morgan fingerprint density at radius 1 is 1.10 bits per heavy atom. The van der Waals surface area contributed by atoms with Crippen LogP contribution < -0.4 is 14.2 Å². The molecular weight excluding hydrogens is 536 g/mol. The third-order valence-electron chi connectivity index (χ3n) is 6.35. The van der Waals surface area contributed by atoms with Gasteiger partial charge in [-0.3, -0.25) is 4.90 Å². The van der Waals surface area contributed by atoms with E-state index in [0.29, 0.717) is 29.2 Å². The van der Waals surface area contributed by atoms with Crippen LogP contribution in [0.4, 0.5) is 4.79 Å². The van der Waals surface area contributed by atoms with Gasteiger partial charge in [-0.1, -0.05) is 39.3 Å². The molecule has 1 heterocycles. The van der Waals surface area contributed by atoms with Crippen molar-refractivity contribution in [3.63, 3.8) is 0 Å². The Morgan fingerprint density at radius 2 is 1.82 bits per heavy atom. The third kappa shape index (κ3) is 8.66. The second kappa shape index (κ2) is 13.5. The van der Waals surface area contributed by atoms with Crippen LogP contribution in [0.3, 0.4) is 0 Å². The molecule has 222 valence electrons. The third-order valence-corrected chi connectivity index (χ3v) is 8.14. The van der Waals surface area contributed by atoms with E-state index in [9.17, 15) is 18.3 Å². The summed E-state index contributed by atoms with van der Waals surface area (Å²) in [6.45, 7) is 11.9. The fourth-order valence-electron chi connectivity index (χ4n) is 4.09. The molecule has 1 aliphatic heterocycles. The fourth-order valence-corrected chi connectivity index (χ4v) is 5.69. The van der Waals surface area contributed by atoms with Crippen LogP contribution in [-0.2, 0) is 21.2 Å². The first-order valence-corrected chi connectivity index (χ1v) is 15.3. The van der Waals surface area contributed by atoms with E-state index in [0.717, 1.165) is 6.42 Å². The molecule has 0 aliphatic carbocycles. The van der Waals surface area contributed by atoms with Gasteiger partial charge in [-0.05, 0) is 63.3 Å². The topological polar surface area (TPSA) is 115 Å². The first kappa shape index (κ1) is 31.3. The molecule has 1 N–H and O–H groups in total. The lowest BCUT2D eigenvalue weighted by atomic mass is 10.1. The number of carbonyl (C=O) groups is 1. The molecule has 40 heavy (non-hydrogen) atoms. The Bertz CT molecular complexity index is 1260. The molecule has 0 radical (unpaired) electrons. The summed E-state index contributed by atoms with van der Waals surface area (Å²) in [6.07, 6.45) is 0.984. The summed E-state index contributed by atoms with van der Waals surface area (Å²) in [6, 6.07) is 10.2. The van der Waals surface area contributed by atoms with E-state index in [2.05, 4.69) is 0 Å². The predicted molar refractivity (Wildman–Crippen MR) is 152 cm³/mol. The van der Waals surface area contributed by atoms with Gasteiger partial charge in [0.1, 0.15) is 17.2 Å². The minimum Gasteiger partial charge on any atom is -0.504 e. The lowest BCUT2D eigenvalue weighted by Crippen LogP contribution is -2.46. The van der Waals surface area contributed by atoms with Crippen LogP contribution >= 0.6 is 0 Å². The maximum atomic E-state index is 13.5. The van der Waals surface area contributed by atoms with Crippen LogP contribution in [-0.4, -0.2) is 66.7 Å². The van der Waals surface area contributed by atoms with Crippen molar-refractivity contribution in [1.82, 2.24) is 9.21 Å². The minimum absolute atomic E-state index is 0.0684. The Labute approximate surface area is 237 Å². The number of phenolic OH excluding ortho intramolecular Hbond substituents is 1. The largest absolute Gasteiger partial charge is 0.504 e. The Kier molecular flexibility index (Phi) is 10.5. The minimum atomic E-state index is -3.87. The molecular formula is C29H42N2O8S. The van der Waals surface area contributed by atoms with Crippen LogP contribution in [0.1, 0.15) is 59.9 Å². The zero-order chi connectivity index (χ0) is 29.5. The Balaban J connectivity index is 1.74. The predicted octanol–water partition coefficient (Wildman–Crippen LogP) is 5.74. The molecule has 1 atom stereocenters. The lowest BCUT2D eigenvalue weighted by Gasteiger charge is -2.31. The average Bonchev–Trinajstić information content (AvgIpc) is 3.34. The van der Waals surface area contributed by atoms with Crippen LogP contribution in [0.5, 0.6) is 28.7 Å². The van der Waals surface area contributed by atoms with E-state index in [4.69, 9.17) is 18.9 Å². The molecule has 1 unspecified atom stereocenters. The number of nitrogens with zero attached hydrogens (tertiary/aromatic N) is 2. The van der Waals surface area contributed by atoms with Crippen LogP contribution in [0.25, 0.3) is 0 Å². The van der Waals surface area contributed by atoms with Gasteiger partial charge in [0.05, 0.1) is 0 Å². The quantitative estimate of drug-likeness (QED) is 0.320. The van der Waals surface area contributed by atoms with Crippen molar-refractivity contribution in [3.05, 3.63) is 42.0 Å². The number of rotatable bonds is 13. The van der Waals surface area contributed by atoms with Gasteiger partial charge in [-0.25, -0.2) is 17.5 Å². The fraction of sp³-hybridized carbons (Fsp3) is 0.552. The number of phenols is 1. The number of ether oxygens (including phenoxy) is 4.